The van der Waals surface area contributed by atoms with Gasteiger partial charge in [0.2, 0.25) is 5.89 Å². The Kier molecular flexibility index (Phi) is 4.99. The fourth-order valence-electron chi connectivity index (χ4n) is 3.21. The lowest BCUT2D eigenvalue weighted by atomic mass is 9.96. The van der Waals surface area contributed by atoms with E-state index >= 15 is 0 Å². The number of hydrogen-bond acceptors (Lipinski definition) is 6. The molecule has 0 radical (unpaired) electrons. The van der Waals surface area contributed by atoms with Gasteiger partial charge < -0.3 is 18.5 Å². The molecule has 29 heavy (non-hydrogen) atoms. The minimum atomic E-state index is -4.76. The van der Waals surface area contributed by atoms with Crippen molar-refractivity contribution in [3.8, 4) is 17.2 Å². The van der Waals surface area contributed by atoms with Crippen LogP contribution < -0.4 is 4.74 Å². The van der Waals surface area contributed by atoms with E-state index in [2.05, 4.69) is 14.9 Å². The highest BCUT2D eigenvalue weighted by molar-refractivity contribution is 5.94. The van der Waals surface area contributed by atoms with Gasteiger partial charge in [-0.05, 0) is 43.2 Å². The van der Waals surface area contributed by atoms with Gasteiger partial charge in [0.1, 0.15) is 12.0 Å². The summed E-state index contributed by atoms with van der Waals surface area (Å²) >= 11 is 0. The second-order valence-electron chi connectivity index (χ2n) is 6.60. The minimum absolute atomic E-state index is 0.0368. The van der Waals surface area contributed by atoms with Crippen LogP contribution in [0.15, 0.2) is 51.7 Å². The molecule has 0 atom stereocenters. The normalized spacial score (nSPS) is 15.5. The lowest BCUT2D eigenvalue weighted by Crippen LogP contribution is -2.38. The fraction of sp³-hybridized carbons (Fsp3) is 0.316. The number of aromatic nitrogens is 2. The molecule has 3 aromatic rings. The molecule has 3 heterocycles. The van der Waals surface area contributed by atoms with Crippen LogP contribution >= 0.6 is 0 Å². The van der Waals surface area contributed by atoms with Gasteiger partial charge in [-0.2, -0.15) is 0 Å². The van der Waals surface area contributed by atoms with E-state index in [0.29, 0.717) is 48.8 Å². The number of alkyl halides is 3. The SMILES string of the molecule is O=C(c1ccc(OC(F)(F)F)cc1)N1CCC(c2nnc(-c3ccoc3)o2)CC1. The number of rotatable bonds is 4. The molecule has 152 valence electrons. The maximum atomic E-state index is 12.6. The fourth-order valence-corrected chi connectivity index (χ4v) is 3.21. The van der Waals surface area contributed by atoms with Crippen molar-refractivity contribution in [1.82, 2.24) is 15.1 Å². The number of carbonyl (C=O) groups is 1. The van der Waals surface area contributed by atoms with E-state index in [9.17, 15) is 18.0 Å². The summed E-state index contributed by atoms with van der Waals surface area (Å²) in [6.45, 7) is 0.960. The van der Waals surface area contributed by atoms with E-state index in [1.165, 1.54) is 24.7 Å². The van der Waals surface area contributed by atoms with Gasteiger partial charge in [-0.15, -0.1) is 23.4 Å². The van der Waals surface area contributed by atoms with Gasteiger partial charge in [-0.1, -0.05) is 0 Å². The van der Waals surface area contributed by atoms with Crippen molar-refractivity contribution >= 4 is 5.91 Å². The van der Waals surface area contributed by atoms with Gasteiger partial charge in [-0.25, -0.2) is 0 Å². The van der Waals surface area contributed by atoms with E-state index in [-0.39, 0.29) is 17.6 Å². The molecule has 1 aliphatic heterocycles. The summed E-state index contributed by atoms with van der Waals surface area (Å²) in [5, 5.41) is 8.12. The Labute approximate surface area is 163 Å². The summed E-state index contributed by atoms with van der Waals surface area (Å²) in [5.74, 6) is 0.328. The summed E-state index contributed by atoms with van der Waals surface area (Å²) < 4.78 is 51.2. The van der Waals surface area contributed by atoms with E-state index < -0.39 is 6.36 Å². The molecule has 0 N–H and O–H groups in total. The van der Waals surface area contributed by atoms with E-state index in [0.717, 1.165) is 12.1 Å². The van der Waals surface area contributed by atoms with Gasteiger partial charge >= 0.3 is 6.36 Å². The highest BCUT2D eigenvalue weighted by Gasteiger charge is 2.31. The summed E-state index contributed by atoms with van der Waals surface area (Å²) in [7, 11) is 0. The predicted octanol–water partition coefficient (Wildman–Crippen LogP) is 4.25. The quantitative estimate of drug-likeness (QED) is 0.643. The van der Waals surface area contributed by atoms with Gasteiger partial charge in [0.25, 0.3) is 11.8 Å². The Balaban J connectivity index is 1.35. The first-order valence-corrected chi connectivity index (χ1v) is 8.90. The third-order valence-electron chi connectivity index (χ3n) is 4.68. The van der Waals surface area contributed by atoms with E-state index in [4.69, 9.17) is 8.83 Å². The van der Waals surface area contributed by atoms with Crippen LogP contribution in [0.25, 0.3) is 11.5 Å². The van der Waals surface area contributed by atoms with Crippen molar-refractivity contribution in [2.75, 3.05) is 13.1 Å². The molecule has 0 unspecified atom stereocenters. The first kappa shape index (κ1) is 19.0. The first-order valence-electron chi connectivity index (χ1n) is 8.90. The molecule has 1 aromatic carbocycles. The molecule has 1 saturated heterocycles. The van der Waals surface area contributed by atoms with Crippen molar-refractivity contribution < 1.29 is 31.5 Å². The van der Waals surface area contributed by atoms with Crippen molar-refractivity contribution in [2.24, 2.45) is 0 Å². The third kappa shape index (κ3) is 4.41. The zero-order valence-electron chi connectivity index (χ0n) is 15.1. The van der Waals surface area contributed by atoms with Crippen molar-refractivity contribution in [2.45, 2.75) is 25.1 Å². The first-order chi connectivity index (χ1) is 13.9. The second-order valence-corrected chi connectivity index (χ2v) is 6.60. The van der Waals surface area contributed by atoms with Crippen LogP contribution in [0, 0.1) is 0 Å². The molecule has 4 rings (SSSR count). The van der Waals surface area contributed by atoms with Gasteiger partial charge in [0.15, 0.2) is 0 Å². The number of amides is 1. The Morgan fingerprint density at radius 2 is 1.83 bits per heavy atom. The number of hydrogen-bond donors (Lipinski definition) is 0. The zero-order valence-corrected chi connectivity index (χ0v) is 15.1. The summed E-state index contributed by atoms with van der Waals surface area (Å²) in [4.78, 5) is 14.3. The highest BCUT2D eigenvalue weighted by Crippen LogP contribution is 2.30. The molecule has 0 aliphatic carbocycles. The molecule has 7 nitrogen and oxygen atoms in total. The van der Waals surface area contributed by atoms with Gasteiger partial charge in [-0.3, -0.25) is 4.79 Å². The lowest BCUT2D eigenvalue weighted by Gasteiger charge is -2.30. The molecule has 0 bridgehead atoms. The minimum Gasteiger partial charge on any atom is -0.472 e. The van der Waals surface area contributed by atoms with Crippen LogP contribution in [0.1, 0.15) is 35.0 Å². The smallest absolute Gasteiger partial charge is 0.472 e. The Bertz CT molecular complexity index is 960. The second kappa shape index (κ2) is 7.61. The predicted molar refractivity (Wildman–Crippen MR) is 93.0 cm³/mol. The number of benzene rings is 1. The number of likely N-dealkylation sites (tertiary alicyclic amines) is 1. The third-order valence-corrected chi connectivity index (χ3v) is 4.68. The number of carbonyl (C=O) groups excluding carboxylic acids is 1. The van der Waals surface area contributed by atoms with Crippen LogP contribution in [0.3, 0.4) is 0 Å². The Morgan fingerprint density at radius 3 is 2.45 bits per heavy atom. The van der Waals surface area contributed by atoms with Crippen LogP contribution in [0.5, 0.6) is 5.75 Å². The number of ether oxygens (including phenoxy) is 1. The Hall–Kier alpha value is -3.30. The number of piperidine rings is 1. The molecular formula is C19H16F3N3O4. The highest BCUT2D eigenvalue weighted by atomic mass is 19.4. The molecular weight excluding hydrogens is 391 g/mol. The standard InChI is InChI=1S/C19H16F3N3O4/c20-19(21,22)29-15-3-1-13(2-4-15)18(26)25-8-5-12(6-9-25)16-23-24-17(28-16)14-7-10-27-11-14/h1-4,7,10-12H,5-6,8-9H2. The maximum Gasteiger partial charge on any atom is 0.573 e. The zero-order chi connectivity index (χ0) is 20.4. The van der Waals surface area contributed by atoms with Crippen LogP contribution in [0.4, 0.5) is 13.2 Å². The lowest BCUT2D eigenvalue weighted by molar-refractivity contribution is -0.274. The number of halogens is 3. The van der Waals surface area contributed by atoms with Crippen LogP contribution in [-0.4, -0.2) is 40.5 Å². The average Bonchev–Trinajstić information content (AvgIpc) is 3.39. The monoisotopic (exact) mass is 407 g/mol. The molecule has 1 aliphatic rings. The molecule has 1 fully saturated rings. The molecule has 10 heteroatoms. The maximum absolute atomic E-state index is 12.6. The van der Waals surface area contributed by atoms with Crippen molar-refractivity contribution in [3.63, 3.8) is 0 Å². The number of furan rings is 1. The van der Waals surface area contributed by atoms with Gasteiger partial charge in [0.05, 0.1) is 11.8 Å². The molecule has 0 saturated carbocycles. The largest absolute Gasteiger partial charge is 0.573 e. The summed E-state index contributed by atoms with van der Waals surface area (Å²) in [6.07, 6.45) is -0.434. The van der Waals surface area contributed by atoms with E-state index in [1.807, 2.05) is 0 Å². The summed E-state index contributed by atoms with van der Waals surface area (Å²) in [6, 6.07) is 6.63. The average molecular weight is 407 g/mol. The molecule has 2 aromatic heterocycles. The summed E-state index contributed by atoms with van der Waals surface area (Å²) in [5.41, 5.74) is 1.01. The van der Waals surface area contributed by atoms with Crippen LogP contribution in [-0.2, 0) is 0 Å². The topological polar surface area (TPSA) is 81.6 Å². The molecule has 1 amide bonds. The Morgan fingerprint density at radius 1 is 1.10 bits per heavy atom. The molecule has 0 spiro atoms. The van der Waals surface area contributed by atoms with Gasteiger partial charge in [0, 0.05) is 24.6 Å². The van der Waals surface area contributed by atoms with E-state index in [1.54, 1.807) is 11.0 Å². The van der Waals surface area contributed by atoms with Crippen molar-refractivity contribution in [3.05, 3.63) is 54.3 Å². The van der Waals surface area contributed by atoms with Crippen molar-refractivity contribution in [1.29, 1.82) is 0 Å². The number of nitrogens with zero attached hydrogens (tertiary/aromatic N) is 3. The van der Waals surface area contributed by atoms with Crippen LogP contribution in [0.2, 0.25) is 0 Å².